The van der Waals surface area contributed by atoms with Crippen molar-refractivity contribution in [2.45, 2.75) is 46.1 Å². The minimum Gasteiger partial charge on any atom is -0.493 e. The van der Waals surface area contributed by atoms with E-state index in [4.69, 9.17) is 13.9 Å². The number of amides is 2. The van der Waals surface area contributed by atoms with Crippen molar-refractivity contribution in [3.63, 3.8) is 0 Å². The van der Waals surface area contributed by atoms with Crippen molar-refractivity contribution < 1.29 is 23.5 Å². The van der Waals surface area contributed by atoms with Crippen LogP contribution in [-0.2, 0) is 17.8 Å². The molecule has 0 unspecified atom stereocenters. The largest absolute Gasteiger partial charge is 0.493 e. The number of nitrogens with zero attached hydrogens (tertiary/aromatic N) is 2. The Kier molecular flexibility index (Phi) is 10.4. The summed E-state index contributed by atoms with van der Waals surface area (Å²) in [4.78, 5) is 30.8. The predicted molar refractivity (Wildman–Crippen MR) is 142 cm³/mol. The Morgan fingerprint density at radius 3 is 2.42 bits per heavy atom. The molecule has 2 heterocycles. The van der Waals surface area contributed by atoms with Gasteiger partial charge in [-0.05, 0) is 61.0 Å². The molecule has 194 valence electrons. The van der Waals surface area contributed by atoms with E-state index in [9.17, 15) is 9.59 Å². The number of rotatable bonds is 14. The van der Waals surface area contributed by atoms with Crippen LogP contribution in [0.1, 0.15) is 52.9 Å². The second kappa shape index (κ2) is 13.7. The van der Waals surface area contributed by atoms with E-state index in [0.717, 1.165) is 36.3 Å². The van der Waals surface area contributed by atoms with Gasteiger partial charge in [0.2, 0.25) is 5.91 Å². The minimum atomic E-state index is -0.106. The van der Waals surface area contributed by atoms with Gasteiger partial charge in [0.05, 0.1) is 25.6 Å². The van der Waals surface area contributed by atoms with E-state index in [1.807, 2.05) is 54.8 Å². The van der Waals surface area contributed by atoms with Gasteiger partial charge in [0.25, 0.3) is 5.91 Å². The summed E-state index contributed by atoms with van der Waals surface area (Å²) in [6, 6.07) is 13.2. The molecule has 0 bridgehead atoms. The lowest BCUT2D eigenvalue weighted by molar-refractivity contribution is -0.132. The Balaban J connectivity index is 1.76. The van der Waals surface area contributed by atoms with Gasteiger partial charge < -0.3 is 23.7 Å². The first-order valence-corrected chi connectivity index (χ1v) is 13.2. The average molecular weight is 513 g/mol. The average Bonchev–Trinajstić information content (AvgIpc) is 3.57. The van der Waals surface area contributed by atoms with E-state index in [2.05, 4.69) is 6.92 Å². The highest BCUT2D eigenvalue weighted by Gasteiger charge is 2.23. The number of thiophene rings is 1. The second-order valence-corrected chi connectivity index (χ2v) is 9.63. The third-order valence-electron chi connectivity index (χ3n) is 5.99. The number of unbranched alkanes of at least 4 members (excludes halogenated alkanes) is 2. The molecule has 3 rings (SSSR count). The molecule has 2 aromatic heterocycles. The molecule has 0 radical (unpaired) electrons. The van der Waals surface area contributed by atoms with E-state index < -0.39 is 0 Å². The highest BCUT2D eigenvalue weighted by atomic mass is 32.1. The van der Waals surface area contributed by atoms with Crippen molar-refractivity contribution in [1.29, 1.82) is 0 Å². The molecule has 2 amide bonds. The summed E-state index contributed by atoms with van der Waals surface area (Å²) >= 11 is 1.40. The topological polar surface area (TPSA) is 72.2 Å². The fraction of sp³-hybridized carbons (Fsp3) is 0.429. The molecule has 0 fully saturated rings. The Morgan fingerprint density at radius 2 is 1.78 bits per heavy atom. The Hall–Kier alpha value is -3.26. The van der Waals surface area contributed by atoms with Crippen LogP contribution >= 0.6 is 11.3 Å². The number of ether oxygens (including phenoxy) is 2. The van der Waals surface area contributed by atoms with Crippen molar-refractivity contribution in [2.24, 2.45) is 0 Å². The lowest BCUT2D eigenvalue weighted by Crippen LogP contribution is -2.43. The summed E-state index contributed by atoms with van der Waals surface area (Å²) < 4.78 is 16.5. The van der Waals surface area contributed by atoms with Crippen LogP contribution in [0.3, 0.4) is 0 Å². The number of aryl methyl sites for hydroxylation is 1. The van der Waals surface area contributed by atoms with Gasteiger partial charge in [-0.1, -0.05) is 31.9 Å². The van der Waals surface area contributed by atoms with Gasteiger partial charge in [-0.2, -0.15) is 0 Å². The molecule has 0 saturated carbocycles. The summed E-state index contributed by atoms with van der Waals surface area (Å²) in [7, 11) is 3.21. The third kappa shape index (κ3) is 7.62. The van der Waals surface area contributed by atoms with Gasteiger partial charge in [0.1, 0.15) is 18.1 Å². The normalized spacial score (nSPS) is 10.8. The van der Waals surface area contributed by atoms with Crippen LogP contribution in [0.15, 0.2) is 52.3 Å². The molecule has 0 spiro atoms. The minimum absolute atomic E-state index is 0.0338. The Bertz CT molecular complexity index is 1110. The zero-order valence-electron chi connectivity index (χ0n) is 21.6. The number of hydrogen-bond acceptors (Lipinski definition) is 6. The highest BCUT2D eigenvalue weighted by molar-refractivity contribution is 7.12. The number of furan rings is 1. The van der Waals surface area contributed by atoms with Crippen LogP contribution in [0.4, 0.5) is 0 Å². The molecule has 7 nitrogen and oxygen atoms in total. The van der Waals surface area contributed by atoms with Crippen LogP contribution in [0, 0.1) is 6.92 Å². The lowest BCUT2D eigenvalue weighted by atomic mass is 10.1. The van der Waals surface area contributed by atoms with Gasteiger partial charge in [0.15, 0.2) is 11.5 Å². The van der Waals surface area contributed by atoms with Crippen molar-refractivity contribution in [2.75, 3.05) is 33.9 Å². The highest BCUT2D eigenvalue weighted by Crippen LogP contribution is 2.28. The molecule has 0 aliphatic carbocycles. The smallest absolute Gasteiger partial charge is 0.264 e. The maximum atomic E-state index is 13.6. The van der Waals surface area contributed by atoms with Gasteiger partial charge in [0, 0.05) is 13.1 Å². The van der Waals surface area contributed by atoms with Crippen LogP contribution in [0.25, 0.3) is 0 Å². The standard InChI is InChI=1S/C28H36N2O5S/c1-5-6-7-15-30(28(32)26-9-8-17-36-26)20-27(31)29(19-23-12-10-21(2)35-23)16-14-22-11-13-24(33-3)25(18-22)34-4/h8-13,17-18H,5-7,14-16,19-20H2,1-4H3. The summed E-state index contributed by atoms with van der Waals surface area (Å²) in [6.07, 6.45) is 3.55. The summed E-state index contributed by atoms with van der Waals surface area (Å²) in [5, 5.41) is 1.88. The molecule has 0 aliphatic heterocycles. The summed E-state index contributed by atoms with van der Waals surface area (Å²) in [5.74, 6) is 2.63. The van der Waals surface area contributed by atoms with Crippen LogP contribution < -0.4 is 9.47 Å². The van der Waals surface area contributed by atoms with E-state index in [1.165, 1.54) is 11.3 Å². The first-order valence-electron chi connectivity index (χ1n) is 12.3. The third-order valence-corrected chi connectivity index (χ3v) is 6.85. The van der Waals surface area contributed by atoms with Crippen LogP contribution in [0.5, 0.6) is 11.5 Å². The zero-order chi connectivity index (χ0) is 25.9. The molecule has 0 atom stereocenters. The molecule has 8 heteroatoms. The number of hydrogen-bond donors (Lipinski definition) is 0. The van der Waals surface area contributed by atoms with E-state index in [-0.39, 0.29) is 18.4 Å². The van der Waals surface area contributed by atoms with Crippen molar-refractivity contribution in [3.05, 3.63) is 69.8 Å². The SMILES string of the molecule is CCCCCN(CC(=O)N(CCc1ccc(OC)c(OC)c1)Cc1ccc(C)o1)C(=O)c1cccs1. The maximum absolute atomic E-state index is 13.6. The lowest BCUT2D eigenvalue weighted by Gasteiger charge is -2.27. The van der Waals surface area contributed by atoms with Crippen molar-refractivity contribution >= 4 is 23.2 Å². The molecule has 0 aliphatic rings. The first kappa shape index (κ1) is 27.3. The van der Waals surface area contributed by atoms with Crippen LogP contribution in [-0.4, -0.2) is 55.5 Å². The molecule has 1 aromatic carbocycles. The fourth-order valence-electron chi connectivity index (χ4n) is 3.97. The quantitative estimate of drug-likeness (QED) is 0.264. The molecule has 3 aromatic rings. The van der Waals surface area contributed by atoms with E-state index >= 15 is 0 Å². The summed E-state index contributed by atoms with van der Waals surface area (Å²) in [5.41, 5.74) is 1.02. The number of benzene rings is 1. The molecular weight excluding hydrogens is 476 g/mol. The Labute approximate surface area is 217 Å². The maximum Gasteiger partial charge on any atom is 0.264 e. The van der Waals surface area contributed by atoms with Crippen LogP contribution in [0.2, 0.25) is 0 Å². The van der Waals surface area contributed by atoms with Gasteiger partial charge >= 0.3 is 0 Å². The molecule has 0 N–H and O–H groups in total. The molecule has 0 saturated heterocycles. The number of carbonyl (C=O) groups is 2. The van der Waals surface area contributed by atoms with Gasteiger partial charge in [-0.3, -0.25) is 9.59 Å². The predicted octanol–water partition coefficient (Wildman–Crippen LogP) is 5.57. The van der Waals surface area contributed by atoms with Crippen molar-refractivity contribution in [3.8, 4) is 11.5 Å². The number of carbonyl (C=O) groups excluding carboxylic acids is 2. The van der Waals surface area contributed by atoms with Gasteiger partial charge in [-0.25, -0.2) is 0 Å². The second-order valence-electron chi connectivity index (χ2n) is 8.68. The molecule has 36 heavy (non-hydrogen) atoms. The van der Waals surface area contributed by atoms with Gasteiger partial charge in [-0.15, -0.1) is 11.3 Å². The zero-order valence-corrected chi connectivity index (χ0v) is 22.4. The number of methoxy groups -OCH3 is 2. The first-order chi connectivity index (χ1) is 17.4. The van der Waals surface area contributed by atoms with E-state index in [0.29, 0.717) is 42.4 Å². The Morgan fingerprint density at radius 1 is 0.972 bits per heavy atom. The molecular formula is C28H36N2O5S. The summed E-state index contributed by atoms with van der Waals surface area (Å²) in [6.45, 7) is 5.41. The van der Waals surface area contributed by atoms with E-state index in [1.54, 1.807) is 24.0 Å². The monoisotopic (exact) mass is 512 g/mol. The van der Waals surface area contributed by atoms with Crippen molar-refractivity contribution in [1.82, 2.24) is 9.80 Å². The fourth-order valence-corrected chi connectivity index (χ4v) is 4.67.